The van der Waals surface area contributed by atoms with Gasteiger partial charge in [0, 0.05) is 30.6 Å². The van der Waals surface area contributed by atoms with Crippen molar-refractivity contribution in [3.05, 3.63) is 30.3 Å². The molecule has 142 valence electrons. The maximum absolute atomic E-state index is 2.76. The van der Waals surface area contributed by atoms with Gasteiger partial charge in [0.05, 0.1) is 0 Å². The van der Waals surface area contributed by atoms with Gasteiger partial charge in [-0.3, -0.25) is 4.90 Å². The second-order valence-electron chi connectivity index (χ2n) is 7.72. The number of nitrogens with zero attached hydrogens (tertiary/aromatic N) is 2. The Hall–Kier alpha value is -0.510. The third-order valence-electron chi connectivity index (χ3n) is 5.65. The summed E-state index contributed by atoms with van der Waals surface area (Å²) in [6, 6.07) is 11.5. The molecule has 1 aliphatic rings. The lowest BCUT2D eigenvalue weighted by Gasteiger charge is -2.32. The van der Waals surface area contributed by atoms with Crippen LogP contribution in [0.3, 0.4) is 0 Å². The molecule has 0 heterocycles. The maximum atomic E-state index is 2.76. The molecule has 0 aromatic heterocycles. The van der Waals surface area contributed by atoms with Gasteiger partial charge in [0.2, 0.25) is 0 Å². The Balaban J connectivity index is 1.62. The summed E-state index contributed by atoms with van der Waals surface area (Å²) < 4.78 is 0. The summed E-state index contributed by atoms with van der Waals surface area (Å²) >= 11 is 1.98. The summed E-state index contributed by atoms with van der Waals surface area (Å²) in [5, 5.41) is 0. The van der Waals surface area contributed by atoms with Crippen LogP contribution in [0.25, 0.3) is 0 Å². The van der Waals surface area contributed by atoms with Gasteiger partial charge >= 0.3 is 0 Å². The van der Waals surface area contributed by atoms with Gasteiger partial charge in [0.1, 0.15) is 0 Å². The van der Waals surface area contributed by atoms with Crippen molar-refractivity contribution in [1.82, 2.24) is 9.80 Å². The lowest BCUT2D eigenvalue weighted by Crippen LogP contribution is -2.41. The summed E-state index contributed by atoms with van der Waals surface area (Å²) in [5.74, 6) is 2.17. The molecule has 1 aromatic rings. The largest absolute Gasteiger partial charge is 0.305 e. The zero-order chi connectivity index (χ0) is 17.9. The van der Waals surface area contributed by atoms with Crippen LogP contribution in [0.4, 0.5) is 0 Å². The average molecular weight is 363 g/mol. The molecule has 3 heteroatoms. The van der Waals surface area contributed by atoms with Crippen LogP contribution in [-0.2, 0) is 0 Å². The van der Waals surface area contributed by atoms with Crippen LogP contribution < -0.4 is 0 Å². The molecule has 0 bridgehead atoms. The lowest BCUT2D eigenvalue weighted by molar-refractivity contribution is 0.153. The number of hydrogen-bond donors (Lipinski definition) is 0. The van der Waals surface area contributed by atoms with E-state index in [1.165, 1.54) is 75.4 Å². The van der Waals surface area contributed by atoms with Crippen molar-refractivity contribution in [3.8, 4) is 0 Å². The predicted molar refractivity (Wildman–Crippen MR) is 113 cm³/mol. The fourth-order valence-corrected chi connectivity index (χ4v) is 4.59. The minimum atomic E-state index is 0.725. The van der Waals surface area contributed by atoms with Crippen molar-refractivity contribution < 1.29 is 0 Å². The maximum Gasteiger partial charge on any atom is 0.0112 e. The van der Waals surface area contributed by atoms with Gasteiger partial charge in [-0.1, -0.05) is 38.0 Å². The zero-order valence-corrected chi connectivity index (χ0v) is 17.4. The van der Waals surface area contributed by atoms with E-state index in [1.807, 2.05) is 11.8 Å². The first-order chi connectivity index (χ1) is 12.2. The second kappa shape index (κ2) is 12.0. The number of thioether (sulfide) groups is 1. The molecule has 1 aliphatic carbocycles. The van der Waals surface area contributed by atoms with Crippen LogP contribution in [0.2, 0.25) is 0 Å². The fourth-order valence-electron chi connectivity index (χ4n) is 3.73. The molecule has 25 heavy (non-hydrogen) atoms. The van der Waals surface area contributed by atoms with Crippen LogP contribution >= 0.6 is 11.8 Å². The van der Waals surface area contributed by atoms with E-state index in [1.54, 1.807) is 0 Å². The van der Waals surface area contributed by atoms with Crippen LogP contribution in [0.5, 0.6) is 0 Å². The first-order valence-electron chi connectivity index (χ1n) is 10.3. The van der Waals surface area contributed by atoms with Crippen molar-refractivity contribution in [2.75, 3.05) is 39.0 Å². The van der Waals surface area contributed by atoms with Gasteiger partial charge in [-0.15, -0.1) is 11.8 Å². The molecule has 1 saturated carbocycles. The molecule has 2 rings (SSSR count). The van der Waals surface area contributed by atoms with E-state index < -0.39 is 0 Å². The Morgan fingerprint density at radius 3 is 2.48 bits per heavy atom. The van der Waals surface area contributed by atoms with Gasteiger partial charge in [0.15, 0.2) is 0 Å². The Bertz CT molecular complexity index is 445. The van der Waals surface area contributed by atoms with E-state index in [9.17, 15) is 0 Å². The Labute approximate surface area is 160 Å². The topological polar surface area (TPSA) is 6.48 Å². The molecule has 0 radical (unpaired) electrons. The molecule has 1 atom stereocenters. The van der Waals surface area contributed by atoms with Gasteiger partial charge in [-0.05, 0) is 70.0 Å². The first-order valence-corrected chi connectivity index (χ1v) is 11.3. The molecule has 0 spiro atoms. The normalized spacial score (nSPS) is 16.8. The number of hydrogen-bond acceptors (Lipinski definition) is 3. The summed E-state index contributed by atoms with van der Waals surface area (Å²) in [7, 11) is 2.29. The van der Waals surface area contributed by atoms with Gasteiger partial charge in [0.25, 0.3) is 0 Å². The van der Waals surface area contributed by atoms with E-state index in [4.69, 9.17) is 0 Å². The van der Waals surface area contributed by atoms with Crippen molar-refractivity contribution in [3.63, 3.8) is 0 Å². The number of likely N-dealkylation sites (N-methyl/N-ethyl adjacent to an activating group) is 1. The lowest BCUT2D eigenvalue weighted by atomic mass is 10.1. The summed E-state index contributed by atoms with van der Waals surface area (Å²) in [6.07, 6.45) is 8.36. The highest BCUT2D eigenvalue weighted by Crippen LogP contribution is 2.26. The van der Waals surface area contributed by atoms with Gasteiger partial charge in [-0.25, -0.2) is 0 Å². The SMILES string of the molecule is CCC(C)N(CCN(C)CCCSc1ccccc1)CC1CCCC1. The molecular formula is C22H38N2S. The second-order valence-corrected chi connectivity index (χ2v) is 8.89. The molecule has 1 aromatic carbocycles. The smallest absolute Gasteiger partial charge is 0.0112 e. The van der Waals surface area contributed by atoms with Crippen LogP contribution in [-0.4, -0.2) is 54.8 Å². The van der Waals surface area contributed by atoms with E-state index >= 15 is 0 Å². The van der Waals surface area contributed by atoms with E-state index in [0.717, 1.165) is 12.0 Å². The Kier molecular flexibility index (Phi) is 9.97. The number of benzene rings is 1. The third kappa shape index (κ3) is 8.15. The molecule has 0 amide bonds. The van der Waals surface area contributed by atoms with Crippen molar-refractivity contribution in [2.45, 2.75) is 63.3 Å². The highest BCUT2D eigenvalue weighted by atomic mass is 32.2. The molecule has 1 fully saturated rings. The van der Waals surface area contributed by atoms with E-state index in [2.05, 4.69) is 61.0 Å². The van der Waals surface area contributed by atoms with E-state index in [-0.39, 0.29) is 0 Å². The average Bonchev–Trinajstić information content (AvgIpc) is 3.15. The monoisotopic (exact) mass is 362 g/mol. The summed E-state index contributed by atoms with van der Waals surface area (Å²) in [5.41, 5.74) is 0. The third-order valence-corrected chi connectivity index (χ3v) is 6.74. The minimum Gasteiger partial charge on any atom is -0.305 e. The van der Waals surface area contributed by atoms with Crippen molar-refractivity contribution in [2.24, 2.45) is 5.92 Å². The molecule has 2 nitrogen and oxygen atoms in total. The first kappa shape index (κ1) is 20.8. The quantitative estimate of drug-likeness (QED) is 0.363. The molecule has 1 unspecified atom stereocenters. The summed E-state index contributed by atoms with van der Waals surface area (Å²) in [4.78, 5) is 6.67. The van der Waals surface area contributed by atoms with Crippen molar-refractivity contribution >= 4 is 11.8 Å². The molecule has 0 N–H and O–H groups in total. The molecular weight excluding hydrogens is 324 g/mol. The van der Waals surface area contributed by atoms with E-state index in [0.29, 0.717) is 0 Å². The van der Waals surface area contributed by atoms with Gasteiger partial charge in [-0.2, -0.15) is 0 Å². The summed E-state index contributed by atoms with van der Waals surface area (Å²) in [6.45, 7) is 9.70. The van der Waals surface area contributed by atoms with Gasteiger partial charge < -0.3 is 4.90 Å². The minimum absolute atomic E-state index is 0.725. The van der Waals surface area contributed by atoms with Crippen LogP contribution in [0, 0.1) is 5.92 Å². The highest BCUT2D eigenvalue weighted by molar-refractivity contribution is 7.99. The molecule has 0 saturated heterocycles. The highest BCUT2D eigenvalue weighted by Gasteiger charge is 2.21. The molecule has 0 aliphatic heterocycles. The van der Waals surface area contributed by atoms with Crippen LogP contribution in [0.1, 0.15) is 52.4 Å². The zero-order valence-electron chi connectivity index (χ0n) is 16.6. The Morgan fingerprint density at radius 2 is 1.80 bits per heavy atom. The number of rotatable bonds is 12. The fraction of sp³-hybridized carbons (Fsp3) is 0.727. The van der Waals surface area contributed by atoms with Crippen LogP contribution in [0.15, 0.2) is 35.2 Å². The Morgan fingerprint density at radius 1 is 1.08 bits per heavy atom. The van der Waals surface area contributed by atoms with Crippen molar-refractivity contribution in [1.29, 1.82) is 0 Å². The predicted octanol–water partition coefficient (Wildman–Crippen LogP) is 5.39. The standard InChI is InChI=1S/C22H38N2S/c1-4-20(2)24(19-21-11-8-9-12-21)17-16-23(3)15-10-18-25-22-13-6-5-7-14-22/h5-7,13-14,20-21H,4,8-12,15-19H2,1-3H3.